The van der Waals surface area contributed by atoms with Crippen LogP contribution in [0.15, 0.2) is 24.3 Å². The number of carbonyl (C=O) groups is 1. The van der Waals surface area contributed by atoms with E-state index in [-0.39, 0.29) is 23.9 Å². The Kier molecular flexibility index (Phi) is 3.19. The van der Waals surface area contributed by atoms with Crippen molar-refractivity contribution in [1.29, 1.82) is 0 Å². The highest BCUT2D eigenvalue weighted by Crippen LogP contribution is 2.33. The SMILES string of the molecule is O=C(c1cc2c(F)cccc2s1)N1CCO[C@H]2CCC[C@H]21. The molecule has 1 aromatic carbocycles. The van der Waals surface area contributed by atoms with Crippen LogP contribution in [-0.4, -0.2) is 36.1 Å². The summed E-state index contributed by atoms with van der Waals surface area (Å²) in [5.74, 6) is -0.237. The molecule has 4 rings (SSSR count). The first-order chi connectivity index (χ1) is 10.2. The van der Waals surface area contributed by atoms with E-state index < -0.39 is 0 Å². The monoisotopic (exact) mass is 305 g/mol. The van der Waals surface area contributed by atoms with E-state index in [1.54, 1.807) is 12.1 Å². The molecule has 0 unspecified atom stereocenters. The number of nitrogens with zero attached hydrogens (tertiary/aromatic N) is 1. The minimum absolute atomic E-state index is 0.0239. The number of carbonyl (C=O) groups excluding carboxylic acids is 1. The molecular weight excluding hydrogens is 289 g/mol. The summed E-state index contributed by atoms with van der Waals surface area (Å²) >= 11 is 1.38. The van der Waals surface area contributed by atoms with E-state index in [0.29, 0.717) is 23.4 Å². The van der Waals surface area contributed by atoms with Gasteiger partial charge in [0, 0.05) is 16.6 Å². The predicted molar refractivity (Wildman–Crippen MR) is 80.2 cm³/mol. The zero-order valence-electron chi connectivity index (χ0n) is 11.5. The Morgan fingerprint density at radius 1 is 1.38 bits per heavy atom. The summed E-state index contributed by atoms with van der Waals surface area (Å²) < 4.78 is 20.4. The van der Waals surface area contributed by atoms with Gasteiger partial charge in [-0.05, 0) is 37.5 Å². The Morgan fingerprint density at radius 3 is 3.14 bits per heavy atom. The normalized spacial score (nSPS) is 25.3. The first-order valence-corrected chi connectivity index (χ1v) is 8.16. The standard InChI is InChI=1S/C16H16FNO2S/c17-11-3-1-6-14-10(11)9-15(21-14)16(19)18-7-8-20-13-5-2-4-12(13)18/h1,3,6,9,12-13H,2,4-5,7-8H2/t12-,13+/m1/s1. The summed E-state index contributed by atoms with van der Waals surface area (Å²) in [5.41, 5.74) is 0. The molecule has 1 aromatic heterocycles. The maximum atomic E-state index is 13.8. The van der Waals surface area contributed by atoms with Gasteiger partial charge in [-0.15, -0.1) is 11.3 Å². The summed E-state index contributed by atoms with van der Waals surface area (Å²) in [5, 5.41) is 0.544. The van der Waals surface area contributed by atoms with Gasteiger partial charge in [0.05, 0.1) is 23.6 Å². The lowest BCUT2D eigenvalue weighted by Gasteiger charge is -2.37. The van der Waals surface area contributed by atoms with Crippen molar-refractivity contribution in [2.24, 2.45) is 0 Å². The fourth-order valence-electron chi connectivity index (χ4n) is 3.45. The van der Waals surface area contributed by atoms with Gasteiger partial charge in [-0.3, -0.25) is 4.79 Å². The average molecular weight is 305 g/mol. The molecule has 3 nitrogen and oxygen atoms in total. The third kappa shape index (κ3) is 2.15. The van der Waals surface area contributed by atoms with Crippen molar-refractivity contribution >= 4 is 27.3 Å². The molecule has 0 radical (unpaired) electrons. The van der Waals surface area contributed by atoms with Crippen LogP contribution >= 0.6 is 11.3 Å². The van der Waals surface area contributed by atoms with Gasteiger partial charge < -0.3 is 9.64 Å². The van der Waals surface area contributed by atoms with E-state index in [2.05, 4.69) is 0 Å². The third-order valence-corrected chi connectivity index (χ3v) is 5.55. The first-order valence-electron chi connectivity index (χ1n) is 7.34. The van der Waals surface area contributed by atoms with E-state index in [1.807, 2.05) is 11.0 Å². The van der Waals surface area contributed by atoms with Crippen molar-refractivity contribution in [3.05, 3.63) is 35.0 Å². The number of thiophene rings is 1. The van der Waals surface area contributed by atoms with Gasteiger partial charge in [0.1, 0.15) is 5.82 Å². The van der Waals surface area contributed by atoms with Gasteiger partial charge in [-0.2, -0.15) is 0 Å². The molecular formula is C16H16FNO2S. The smallest absolute Gasteiger partial charge is 0.264 e. The predicted octanol–water partition coefficient (Wildman–Crippen LogP) is 3.43. The lowest BCUT2D eigenvalue weighted by Crippen LogP contribution is -2.51. The molecule has 21 heavy (non-hydrogen) atoms. The summed E-state index contributed by atoms with van der Waals surface area (Å²) in [6.45, 7) is 1.24. The second-order valence-corrected chi connectivity index (χ2v) is 6.75. The zero-order chi connectivity index (χ0) is 14.4. The Bertz CT molecular complexity index is 699. The van der Waals surface area contributed by atoms with Crippen LogP contribution in [0.4, 0.5) is 4.39 Å². The van der Waals surface area contributed by atoms with Gasteiger partial charge in [-0.1, -0.05) is 6.07 Å². The van der Waals surface area contributed by atoms with Gasteiger partial charge in [0.15, 0.2) is 0 Å². The molecule has 2 aliphatic rings. The largest absolute Gasteiger partial charge is 0.374 e. The van der Waals surface area contributed by atoms with Crippen LogP contribution in [-0.2, 0) is 4.74 Å². The van der Waals surface area contributed by atoms with Gasteiger partial charge >= 0.3 is 0 Å². The molecule has 1 aliphatic carbocycles. The van der Waals surface area contributed by atoms with Gasteiger partial charge in [-0.25, -0.2) is 4.39 Å². The summed E-state index contributed by atoms with van der Waals surface area (Å²) in [7, 11) is 0. The number of amides is 1. The van der Waals surface area contributed by atoms with Crippen LogP contribution in [0.2, 0.25) is 0 Å². The first kappa shape index (κ1) is 13.2. The highest BCUT2D eigenvalue weighted by atomic mass is 32.1. The molecule has 5 heteroatoms. The number of hydrogen-bond acceptors (Lipinski definition) is 3. The topological polar surface area (TPSA) is 29.5 Å². The minimum atomic E-state index is -0.261. The van der Waals surface area contributed by atoms with Crippen LogP contribution in [0.3, 0.4) is 0 Å². The van der Waals surface area contributed by atoms with E-state index in [0.717, 1.165) is 24.0 Å². The maximum Gasteiger partial charge on any atom is 0.264 e. The highest BCUT2D eigenvalue weighted by molar-refractivity contribution is 7.20. The Hall–Kier alpha value is -1.46. The molecule has 1 amide bonds. The number of rotatable bonds is 1. The summed E-state index contributed by atoms with van der Waals surface area (Å²) in [4.78, 5) is 15.3. The quantitative estimate of drug-likeness (QED) is 0.808. The molecule has 1 saturated heterocycles. The number of morpholine rings is 1. The third-order valence-electron chi connectivity index (χ3n) is 4.46. The van der Waals surface area contributed by atoms with Gasteiger partial charge in [0.2, 0.25) is 0 Å². The molecule has 1 saturated carbocycles. The molecule has 1 aliphatic heterocycles. The summed E-state index contributed by atoms with van der Waals surface area (Å²) in [6.07, 6.45) is 3.35. The van der Waals surface area contributed by atoms with Crippen LogP contribution in [0.25, 0.3) is 10.1 Å². The number of hydrogen-bond donors (Lipinski definition) is 0. The highest BCUT2D eigenvalue weighted by Gasteiger charge is 2.39. The minimum Gasteiger partial charge on any atom is -0.374 e. The zero-order valence-corrected chi connectivity index (χ0v) is 12.4. The second kappa shape index (κ2) is 5.07. The number of halogens is 1. The lowest BCUT2D eigenvalue weighted by molar-refractivity contribution is -0.0443. The van der Waals surface area contributed by atoms with E-state index in [4.69, 9.17) is 4.74 Å². The van der Waals surface area contributed by atoms with Gasteiger partial charge in [0.25, 0.3) is 5.91 Å². The Morgan fingerprint density at radius 2 is 2.29 bits per heavy atom. The van der Waals surface area contributed by atoms with Crippen molar-refractivity contribution in [1.82, 2.24) is 4.90 Å². The van der Waals surface area contributed by atoms with Crippen molar-refractivity contribution in [3.8, 4) is 0 Å². The van der Waals surface area contributed by atoms with Crippen molar-refractivity contribution in [2.45, 2.75) is 31.4 Å². The molecule has 2 heterocycles. The fourth-order valence-corrected chi connectivity index (χ4v) is 4.48. The van der Waals surface area contributed by atoms with Crippen LogP contribution in [0, 0.1) is 5.82 Å². The van der Waals surface area contributed by atoms with Crippen molar-refractivity contribution in [3.63, 3.8) is 0 Å². The molecule has 2 fully saturated rings. The number of benzene rings is 1. The average Bonchev–Trinajstić information content (AvgIpc) is 3.13. The fraction of sp³-hybridized carbons (Fsp3) is 0.438. The van der Waals surface area contributed by atoms with E-state index >= 15 is 0 Å². The molecule has 0 bridgehead atoms. The van der Waals surface area contributed by atoms with Crippen LogP contribution < -0.4 is 0 Å². The Balaban J connectivity index is 1.67. The van der Waals surface area contributed by atoms with Crippen molar-refractivity contribution in [2.75, 3.05) is 13.2 Å². The number of fused-ring (bicyclic) bond motifs is 2. The number of ether oxygens (including phenoxy) is 1. The molecule has 110 valence electrons. The maximum absolute atomic E-state index is 13.8. The molecule has 2 aromatic rings. The molecule has 2 atom stereocenters. The second-order valence-electron chi connectivity index (χ2n) is 5.67. The molecule has 0 N–H and O–H groups in total. The summed E-state index contributed by atoms with van der Waals surface area (Å²) in [6, 6.07) is 6.87. The van der Waals surface area contributed by atoms with E-state index in [9.17, 15) is 9.18 Å². The van der Waals surface area contributed by atoms with Crippen LogP contribution in [0.1, 0.15) is 28.9 Å². The van der Waals surface area contributed by atoms with E-state index in [1.165, 1.54) is 17.4 Å². The molecule has 0 spiro atoms. The lowest BCUT2D eigenvalue weighted by atomic mass is 10.1. The van der Waals surface area contributed by atoms with Crippen LogP contribution in [0.5, 0.6) is 0 Å². The van der Waals surface area contributed by atoms with Crippen molar-refractivity contribution < 1.29 is 13.9 Å². The Labute approximate surface area is 126 Å².